The maximum atomic E-state index is 13.5. The summed E-state index contributed by atoms with van der Waals surface area (Å²) in [5.41, 5.74) is 2.04. The van der Waals surface area contributed by atoms with E-state index in [1.165, 1.54) is 0 Å². The van der Waals surface area contributed by atoms with Crippen LogP contribution in [-0.2, 0) is 36.9 Å². The maximum Gasteiger partial charge on any atom is 0.309 e. The van der Waals surface area contributed by atoms with Crippen molar-refractivity contribution in [2.24, 2.45) is 11.8 Å². The van der Waals surface area contributed by atoms with Crippen LogP contribution >= 0.6 is 0 Å². The molecule has 0 unspecified atom stereocenters. The number of amides is 2. The van der Waals surface area contributed by atoms with Crippen LogP contribution in [0.15, 0.2) is 86.0 Å². The molecule has 238 valence electrons. The molecule has 1 heterocycles. The summed E-state index contributed by atoms with van der Waals surface area (Å²) in [6.45, 7) is 8.47. The minimum atomic E-state index is -0.642. The number of nitrogens with zero attached hydrogens (tertiary/aromatic N) is 1. The summed E-state index contributed by atoms with van der Waals surface area (Å²) >= 11 is 0. The topological polar surface area (TPSA) is 105 Å². The molecule has 0 aliphatic carbocycles. The highest BCUT2D eigenvalue weighted by molar-refractivity contribution is 5.86. The largest absolute Gasteiger partial charge is 0.463 e. The van der Waals surface area contributed by atoms with E-state index in [-0.39, 0.29) is 56.0 Å². The minimum absolute atomic E-state index is 0.00812. The monoisotopic (exact) mass is 604 g/mol. The zero-order valence-electron chi connectivity index (χ0n) is 25.8. The highest BCUT2D eigenvalue weighted by atomic mass is 16.5. The van der Waals surface area contributed by atoms with E-state index in [1.54, 1.807) is 11.0 Å². The van der Waals surface area contributed by atoms with E-state index in [1.807, 2.05) is 66.7 Å². The first-order valence-corrected chi connectivity index (χ1v) is 15.7. The molecule has 0 spiro atoms. The van der Waals surface area contributed by atoms with Crippen molar-refractivity contribution in [1.29, 1.82) is 0 Å². The number of carbonyl (C=O) groups excluding carboxylic acids is 3. The third-order valence-electron chi connectivity index (χ3n) is 7.97. The zero-order chi connectivity index (χ0) is 31.6. The number of likely N-dealkylation sites (tertiary alicyclic amines) is 1. The Morgan fingerprint density at radius 2 is 1.68 bits per heavy atom. The van der Waals surface area contributed by atoms with Crippen molar-refractivity contribution in [1.82, 2.24) is 10.2 Å². The molecule has 0 saturated carbocycles. The molecule has 1 aliphatic heterocycles. The lowest BCUT2D eigenvalue weighted by Gasteiger charge is -2.26. The molecular formula is C36H48N2O6. The average Bonchev–Trinajstić information content (AvgIpc) is 3.53. The lowest BCUT2D eigenvalue weighted by atomic mass is 9.94. The van der Waals surface area contributed by atoms with E-state index in [0.717, 1.165) is 36.8 Å². The number of allylic oxidation sites excluding steroid dienone is 2. The molecule has 1 saturated heterocycles. The Labute approximate surface area is 262 Å². The van der Waals surface area contributed by atoms with Gasteiger partial charge in [-0.2, -0.15) is 0 Å². The van der Waals surface area contributed by atoms with Crippen molar-refractivity contribution in [3.05, 3.63) is 97.1 Å². The van der Waals surface area contributed by atoms with Gasteiger partial charge in [-0.25, -0.2) is 0 Å². The van der Waals surface area contributed by atoms with Crippen molar-refractivity contribution >= 4 is 17.8 Å². The van der Waals surface area contributed by atoms with Gasteiger partial charge in [0, 0.05) is 13.0 Å². The molecule has 8 nitrogen and oxygen atoms in total. The number of aliphatic hydroxyl groups excluding tert-OH is 1. The fourth-order valence-corrected chi connectivity index (χ4v) is 5.52. The molecule has 2 aromatic carbocycles. The van der Waals surface area contributed by atoms with Gasteiger partial charge < -0.3 is 24.8 Å². The molecule has 2 aromatic rings. The Balaban J connectivity index is 1.66. The molecule has 4 atom stereocenters. The van der Waals surface area contributed by atoms with Gasteiger partial charge in [0.1, 0.15) is 6.61 Å². The van der Waals surface area contributed by atoms with Gasteiger partial charge >= 0.3 is 5.97 Å². The van der Waals surface area contributed by atoms with Gasteiger partial charge in [0.05, 0.1) is 43.7 Å². The van der Waals surface area contributed by atoms with Gasteiger partial charge in [-0.3, -0.25) is 14.4 Å². The SMILES string of the molecule is C=CCCC[C@H](Cc1ccccc1)C(=O)OC[C@H](COCc1ccccc1)NC(=O)[C@@H](CC=C)CC(=O)N1CCC[C@H]1CO. The second kappa shape index (κ2) is 19.5. The van der Waals surface area contributed by atoms with Gasteiger partial charge in [-0.05, 0) is 56.1 Å². The van der Waals surface area contributed by atoms with Crippen LogP contribution in [0.1, 0.15) is 56.1 Å². The van der Waals surface area contributed by atoms with Crippen LogP contribution in [0.4, 0.5) is 0 Å². The first-order chi connectivity index (χ1) is 21.4. The number of hydrogen-bond acceptors (Lipinski definition) is 6. The number of rotatable bonds is 20. The summed E-state index contributed by atoms with van der Waals surface area (Å²) in [5.74, 6) is -1.77. The normalized spacial score (nSPS) is 16.5. The summed E-state index contributed by atoms with van der Waals surface area (Å²) in [4.78, 5) is 41.6. The molecule has 0 bridgehead atoms. The van der Waals surface area contributed by atoms with Gasteiger partial charge in [0.2, 0.25) is 11.8 Å². The molecule has 2 amide bonds. The number of ether oxygens (including phenoxy) is 2. The van der Waals surface area contributed by atoms with Crippen molar-refractivity contribution in [2.75, 3.05) is 26.4 Å². The Kier molecular flexibility index (Phi) is 15.4. The van der Waals surface area contributed by atoms with Gasteiger partial charge in [0.15, 0.2) is 0 Å². The number of carbonyl (C=O) groups is 3. The van der Waals surface area contributed by atoms with E-state index in [0.29, 0.717) is 32.4 Å². The molecule has 3 rings (SSSR count). The van der Waals surface area contributed by atoms with Crippen LogP contribution in [-0.4, -0.2) is 66.2 Å². The number of hydrogen-bond donors (Lipinski definition) is 2. The molecular weight excluding hydrogens is 556 g/mol. The van der Waals surface area contributed by atoms with Crippen LogP contribution in [0.5, 0.6) is 0 Å². The predicted molar refractivity (Wildman–Crippen MR) is 171 cm³/mol. The average molecular weight is 605 g/mol. The second-order valence-corrected chi connectivity index (χ2v) is 11.4. The minimum Gasteiger partial charge on any atom is -0.463 e. The van der Waals surface area contributed by atoms with E-state index in [2.05, 4.69) is 18.5 Å². The van der Waals surface area contributed by atoms with Crippen molar-refractivity contribution < 1.29 is 29.0 Å². The van der Waals surface area contributed by atoms with E-state index in [4.69, 9.17) is 9.47 Å². The van der Waals surface area contributed by atoms with Crippen molar-refractivity contribution in [3.63, 3.8) is 0 Å². The Bertz CT molecular complexity index is 1170. The smallest absolute Gasteiger partial charge is 0.309 e. The summed E-state index contributed by atoms with van der Waals surface area (Å²) < 4.78 is 11.8. The lowest BCUT2D eigenvalue weighted by Crippen LogP contribution is -2.46. The molecule has 0 radical (unpaired) electrons. The van der Waals surface area contributed by atoms with Gasteiger partial charge in [-0.15, -0.1) is 13.2 Å². The number of esters is 1. The fraction of sp³-hybridized carbons (Fsp3) is 0.472. The summed E-state index contributed by atoms with van der Waals surface area (Å²) in [6, 6.07) is 18.7. The van der Waals surface area contributed by atoms with Crippen LogP contribution in [0.2, 0.25) is 0 Å². The summed E-state index contributed by atoms with van der Waals surface area (Å²) in [6.07, 6.45) is 8.24. The Morgan fingerprint density at radius 1 is 0.977 bits per heavy atom. The summed E-state index contributed by atoms with van der Waals surface area (Å²) in [5, 5.41) is 12.6. The molecule has 1 aliphatic rings. The molecule has 0 aromatic heterocycles. The van der Waals surface area contributed by atoms with Crippen LogP contribution in [0, 0.1) is 11.8 Å². The Hall–Kier alpha value is -3.75. The third-order valence-corrected chi connectivity index (χ3v) is 7.97. The number of benzene rings is 2. The Morgan fingerprint density at radius 3 is 2.34 bits per heavy atom. The van der Waals surface area contributed by atoms with E-state index < -0.39 is 12.0 Å². The molecule has 1 fully saturated rings. The predicted octanol–water partition coefficient (Wildman–Crippen LogP) is 5.01. The van der Waals surface area contributed by atoms with Gasteiger partial charge in [0.25, 0.3) is 0 Å². The van der Waals surface area contributed by atoms with Crippen LogP contribution in [0.3, 0.4) is 0 Å². The summed E-state index contributed by atoms with van der Waals surface area (Å²) in [7, 11) is 0. The highest BCUT2D eigenvalue weighted by Gasteiger charge is 2.32. The van der Waals surface area contributed by atoms with E-state index in [9.17, 15) is 19.5 Å². The molecule has 8 heteroatoms. The first kappa shape index (κ1) is 34.7. The van der Waals surface area contributed by atoms with E-state index >= 15 is 0 Å². The zero-order valence-corrected chi connectivity index (χ0v) is 25.8. The third kappa shape index (κ3) is 11.7. The number of nitrogens with one attached hydrogen (secondary N) is 1. The van der Waals surface area contributed by atoms with Crippen molar-refractivity contribution in [2.45, 2.75) is 70.1 Å². The number of unbranched alkanes of at least 4 members (excludes halogenated alkanes) is 1. The van der Waals surface area contributed by atoms with Crippen molar-refractivity contribution in [3.8, 4) is 0 Å². The highest BCUT2D eigenvalue weighted by Crippen LogP contribution is 2.21. The van der Waals surface area contributed by atoms with Crippen LogP contribution < -0.4 is 5.32 Å². The quantitative estimate of drug-likeness (QED) is 0.125. The fourth-order valence-electron chi connectivity index (χ4n) is 5.52. The van der Waals surface area contributed by atoms with Crippen LogP contribution in [0.25, 0.3) is 0 Å². The number of aliphatic hydroxyl groups is 1. The molecule has 2 N–H and O–H groups in total. The lowest BCUT2D eigenvalue weighted by molar-refractivity contribution is -0.151. The standard InChI is InChI=1S/C36H48N2O6/c1-3-5-8-19-31(22-28-15-9-6-10-16-28)36(42)44-27-32(26-43-25-29-17-11-7-12-18-29)37-35(41)30(14-4-2)23-34(40)38-21-13-20-33(38)24-39/h3-4,6-7,9-12,15-18,30-33,39H,1-2,5,8,13-14,19-27H2,(H,37,41)/t30-,31+,32-,33-/m0/s1. The second-order valence-electron chi connectivity index (χ2n) is 11.4. The maximum absolute atomic E-state index is 13.5. The first-order valence-electron chi connectivity index (χ1n) is 15.7. The molecule has 44 heavy (non-hydrogen) atoms. The van der Waals surface area contributed by atoms with Gasteiger partial charge in [-0.1, -0.05) is 72.8 Å².